The molecule has 0 saturated heterocycles. The molecule has 0 spiro atoms. The van der Waals surface area contributed by atoms with Crippen molar-refractivity contribution in [2.75, 3.05) is 0 Å². The van der Waals surface area contributed by atoms with Gasteiger partial charge in [0.15, 0.2) is 0 Å². The van der Waals surface area contributed by atoms with Gasteiger partial charge in [0.25, 0.3) is 0 Å². The lowest BCUT2D eigenvalue weighted by Gasteiger charge is -2.16. The molecule has 1 rings (SSSR count). The van der Waals surface area contributed by atoms with Crippen LogP contribution in [0.5, 0.6) is 0 Å². The lowest BCUT2D eigenvalue weighted by molar-refractivity contribution is 0.522. The SMILES string of the molecule is C#CCCC(NN)c1cc(Cl)ccc1Br. The van der Waals surface area contributed by atoms with Gasteiger partial charge in [0.1, 0.15) is 0 Å². The van der Waals surface area contributed by atoms with Gasteiger partial charge >= 0.3 is 0 Å². The van der Waals surface area contributed by atoms with E-state index in [-0.39, 0.29) is 6.04 Å². The van der Waals surface area contributed by atoms with Crippen molar-refractivity contribution in [2.24, 2.45) is 5.84 Å². The number of hydrazine groups is 1. The Kier molecular flexibility index (Phi) is 5.13. The molecule has 0 aliphatic carbocycles. The quantitative estimate of drug-likeness (QED) is 0.507. The summed E-state index contributed by atoms with van der Waals surface area (Å²) in [6.45, 7) is 0. The van der Waals surface area contributed by atoms with Crippen molar-refractivity contribution in [3.05, 3.63) is 33.3 Å². The zero-order valence-corrected chi connectivity index (χ0v) is 10.5. The summed E-state index contributed by atoms with van der Waals surface area (Å²) in [5.74, 6) is 8.07. The second kappa shape index (κ2) is 6.14. The largest absolute Gasteiger partial charge is 0.271 e. The molecule has 15 heavy (non-hydrogen) atoms. The van der Waals surface area contributed by atoms with Crippen molar-refractivity contribution < 1.29 is 0 Å². The number of benzene rings is 1. The average Bonchev–Trinajstić information content (AvgIpc) is 2.24. The summed E-state index contributed by atoms with van der Waals surface area (Å²) in [6.07, 6.45) is 6.68. The van der Waals surface area contributed by atoms with E-state index in [1.165, 1.54) is 0 Å². The summed E-state index contributed by atoms with van der Waals surface area (Å²) in [7, 11) is 0. The van der Waals surface area contributed by atoms with E-state index in [1.807, 2.05) is 18.2 Å². The summed E-state index contributed by atoms with van der Waals surface area (Å²) in [5, 5.41) is 0.689. The van der Waals surface area contributed by atoms with Crippen LogP contribution in [0.15, 0.2) is 22.7 Å². The summed E-state index contributed by atoms with van der Waals surface area (Å²) in [6, 6.07) is 5.63. The first-order valence-corrected chi connectivity index (χ1v) is 5.70. The van der Waals surface area contributed by atoms with Crippen molar-refractivity contribution in [1.82, 2.24) is 5.43 Å². The fourth-order valence-electron chi connectivity index (χ4n) is 1.34. The van der Waals surface area contributed by atoms with Gasteiger partial charge in [-0.2, -0.15) is 0 Å². The summed E-state index contributed by atoms with van der Waals surface area (Å²) in [4.78, 5) is 0. The predicted octanol–water partition coefficient (Wildman–Crippen LogP) is 3.02. The molecule has 1 unspecified atom stereocenters. The first-order valence-electron chi connectivity index (χ1n) is 4.53. The maximum atomic E-state index is 5.92. The molecule has 4 heteroatoms. The van der Waals surface area contributed by atoms with Crippen molar-refractivity contribution in [1.29, 1.82) is 0 Å². The fourth-order valence-corrected chi connectivity index (χ4v) is 2.04. The molecule has 80 valence electrons. The van der Waals surface area contributed by atoms with E-state index in [2.05, 4.69) is 27.3 Å². The molecule has 0 saturated carbocycles. The molecule has 0 aromatic heterocycles. The van der Waals surface area contributed by atoms with Gasteiger partial charge in [-0.3, -0.25) is 11.3 Å². The van der Waals surface area contributed by atoms with Crippen LogP contribution in [0.4, 0.5) is 0 Å². The zero-order chi connectivity index (χ0) is 11.3. The van der Waals surface area contributed by atoms with E-state index < -0.39 is 0 Å². The molecule has 0 heterocycles. The van der Waals surface area contributed by atoms with Gasteiger partial charge in [-0.15, -0.1) is 12.3 Å². The minimum atomic E-state index is 0.0223. The normalized spacial score (nSPS) is 12.1. The monoisotopic (exact) mass is 286 g/mol. The first kappa shape index (κ1) is 12.5. The molecule has 3 N–H and O–H groups in total. The van der Waals surface area contributed by atoms with Crippen LogP contribution in [0.1, 0.15) is 24.4 Å². The van der Waals surface area contributed by atoms with Crippen LogP contribution < -0.4 is 11.3 Å². The lowest BCUT2D eigenvalue weighted by atomic mass is 10.0. The maximum Gasteiger partial charge on any atom is 0.0480 e. The van der Waals surface area contributed by atoms with Gasteiger partial charge in [0, 0.05) is 22.0 Å². The fraction of sp³-hybridized carbons (Fsp3) is 0.273. The third kappa shape index (κ3) is 3.51. The Morgan fingerprint density at radius 3 is 2.93 bits per heavy atom. The number of nitrogens with one attached hydrogen (secondary N) is 1. The highest BCUT2D eigenvalue weighted by Gasteiger charge is 2.12. The van der Waals surface area contributed by atoms with E-state index in [0.29, 0.717) is 11.4 Å². The number of rotatable bonds is 4. The predicted molar refractivity (Wildman–Crippen MR) is 67.3 cm³/mol. The molecule has 0 aliphatic rings. The molecule has 0 amide bonds. The summed E-state index contributed by atoms with van der Waals surface area (Å²) in [5.41, 5.74) is 3.77. The molecular weight excluding hydrogens is 275 g/mol. The van der Waals surface area contributed by atoms with Gasteiger partial charge in [-0.05, 0) is 30.2 Å². The van der Waals surface area contributed by atoms with Crippen LogP contribution in [0.3, 0.4) is 0 Å². The molecule has 1 aromatic rings. The minimum absolute atomic E-state index is 0.0223. The maximum absolute atomic E-state index is 5.92. The Bertz CT molecular complexity index is 373. The van der Waals surface area contributed by atoms with Gasteiger partial charge in [-0.25, -0.2) is 0 Å². The highest BCUT2D eigenvalue weighted by Crippen LogP contribution is 2.28. The van der Waals surface area contributed by atoms with E-state index in [0.717, 1.165) is 16.5 Å². The first-order chi connectivity index (χ1) is 7.19. The standard InChI is InChI=1S/C11H12BrClN2/c1-2-3-4-11(15-14)9-7-8(13)5-6-10(9)12/h1,5-7,11,15H,3-4,14H2. The molecular formula is C11H12BrClN2. The minimum Gasteiger partial charge on any atom is -0.271 e. The van der Waals surface area contributed by atoms with Gasteiger partial charge in [0.05, 0.1) is 0 Å². The second-order valence-electron chi connectivity index (χ2n) is 3.13. The number of hydrogen-bond donors (Lipinski definition) is 2. The van der Waals surface area contributed by atoms with Crippen molar-refractivity contribution >= 4 is 27.5 Å². The molecule has 2 nitrogen and oxygen atoms in total. The average molecular weight is 288 g/mol. The molecule has 0 radical (unpaired) electrons. The smallest absolute Gasteiger partial charge is 0.0480 e. The van der Waals surface area contributed by atoms with E-state index in [9.17, 15) is 0 Å². The van der Waals surface area contributed by atoms with Gasteiger partial charge < -0.3 is 0 Å². The highest BCUT2D eigenvalue weighted by molar-refractivity contribution is 9.10. The van der Waals surface area contributed by atoms with Crippen molar-refractivity contribution in [3.63, 3.8) is 0 Å². The van der Waals surface area contributed by atoms with E-state index in [4.69, 9.17) is 23.9 Å². The zero-order valence-electron chi connectivity index (χ0n) is 8.13. The molecule has 0 bridgehead atoms. The number of terminal acetylenes is 1. The molecule has 1 aromatic carbocycles. The number of halogens is 2. The van der Waals surface area contributed by atoms with Crippen molar-refractivity contribution in [2.45, 2.75) is 18.9 Å². The van der Waals surface area contributed by atoms with Crippen LogP contribution in [-0.4, -0.2) is 0 Å². The Morgan fingerprint density at radius 2 is 2.33 bits per heavy atom. The number of nitrogens with two attached hydrogens (primary N) is 1. The lowest BCUT2D eigenvalue weighted by Crippen LogP contribution is -2.28. The third-order valence-electron chi connectivity index (χ3n) is 2.11. The second-order valence-corrected chi connectivity index (χ2v) is 4.42. The summed E-state index contributed by atoms with van der Waals surface area (Å²) >= 11 is 9.38. The van der Waals surface area contributed by atoms with Gasteiger partial charge in [0.2, 0.25) is 0 Å². The Balaban J connectivity index is 2.91. The Labute approximate surface area is 103 Å². The molecule has 1 atom stereocenters. The molecule has 0 fully saturated rings. The van der Waals surface area contributed by atoms with E-state index in [1.54, 1.807) is 0 Å². The summed E-state index contributed by atoms with van der Waals surface area (Å²) < 4.78 is 0.979. The number of hydrogen-bond acceptors (Lipinski definition) is 2. The van der Waals surface area contributed by atoms with Crippen LogP contribution >= 0.6 is 27.5 Å². The third-order valence-corrected chi connectivity index (χ3v) is 3.07. The topological polar surface area (TPSA) is 38.0 Å². The van der Waals surface area contributed by atoms with Crippen molar-refractivity contribution in [3.8, 4) is 12.3 Å². The Hall–Kier alpha value is -0.530. The van der Waals surface area contributed by atoms with Crippen LogP contribution in [0, 0.1) is 12.3 Å². The van der Waals surface area contributed by atoms with Crippen LogP contribution in [0.25, 0.3) is 0 Å². The van der Waals surface area contributed by atoms with Crippen LogP contribution in [0.2, 0.25) is 5.02 Å². The van der Waals surface area contributed by atoms with E-state index >= 15 is 0 Å². The molecule has 0 aliphatic heterocycles. The van der Waals surface area contributed by atoms with Gasteiger partial charge in [-0.1, -0.05) is 27.5 Å². The Morgan fingerprint density at radius 1 is 1.60 bits per heavy atom. The van der Waals surface area contributed by atoms with Crippen LogP contribution in [-0.2, 0) is 0 Å². The highest BCUT2D eigenvalue weighted by atomic mass is 79.9.